The van der Waals surface area contributed by atoms with E-state index in [2.05, 4.69) is 0 Å². The minimum Gasteiger partial charge on any atom is -0.439 e. The second kappa shape index (κ2) is 5.30. The van der Waals surface area contributed by atoms with Crippen molar-refractivity contribution < 1.29 is 14.3 Å². The first kappa shape index (κ1) is 14.3. The minimum atomic E-state index is -1.39. The first-order valence-corrected chi connectivity index (χ1v) is 7.28. The van der Waals surface area contributed by atoms with Gasteiger partial charge in [0, 0.05) is 24.6 Å². The molecule has 0 saturated heterocycles. The van der Waals surface area contributed by atoms with E-state index in [-0.39, 0.29) is 5.91 Å². The van der Waals surface area contributed by atoms with E-state index < -0.39 is 11.6 Å². The Bertz CT molecular complexity index is 726. The van der Waals surface area contributed by atoms with Crippen molar-refractivity contribution in [2.45, 2.75) is 19.4 Å². The number of hydrogen-bond acceptors (Lipinski definition) is 3. The molecule has 0 spiro atoms. The zero-order chi connectivity index (χ0) is 15.7. The van der Waals surface area contributed by atoms with E-state index in [0.717, 1.165) is 5.69 Å². The third-order valence-corrected chi connectivity index (χ3v) is 3.91. The molecular weight excluding hydrogens is 278 g/mol. The molecule has 2 aromatic carbocycles. The fourth-order valence-electron chi connectivity index (χ4n) is 3.06. The zero-order valence-corrected chi connectivity index (χ0v) is 12.6. The monoisotopic (exact) mass is 295 g/mol. The lowest BCUT2D eigenvalue weighted by atomic mass is 9.87. The summed E-state index contributed by atoms with van der Waals surface area (Å²) in [5.74, 6) is -0.706. The highest BCUT2D eigenvalue weighted by Crippen LogP contribution is 2.46. The number of fused-ring (bicyclic) bond motifs is 1. The number of carbonyl (C=O) groups is 2. The second-order valence-corrected chi connectivity index (χ2v) is 5.21. The maximum absolute atomic E-state index is 13.1. The highest BCUT2D eigenvalue weighted by atomic mass is 16.6. The predicted molar refractivity (Wildman–Crippen MR) is 83.5 cm³/mol. The molecule has 4 heteroatoms. The van der Waals surface area contributed by atoms with Gasteiger partial charge in [-0.2, -0.15) is 0 Å². The van der Waals surface area contributed by atoms with Gasteiger partial charge in [-0.15, -0.1) is 0 Å². The fourth-order valence-corrected chi connectivity index (χ4v) is 3.06. The van der Waals surface area contributed by atoms with Crippen molar-refractivity contribution in [1.82, 2.24) is 0 Å². The Morgan fingerprint density at radius 2 is 1.73 bits per heavy atom. The maximum atomic E-state index is 13.1. The van der Waals surface area contributed by atoms with Gasteiger partial charge in [-0.25, -0.2) is 0 Å². The first-order valence-electron chi connectivity index (χ1n) is 7.28. The van der Waals surface area contributed by atoms with Crippen LogP contribution in [0.15, 0.2) is 54.6 Å². The highest BCUT2D eigenvalue weighted by molar-refractivity contribution is 6.10. The molecule has 0 saturated carbocycles. The molecule has 0 N–H and O–H groups in total. The normalized spacial score (nSPS) is 19.9. The van der Waals surface area contributed by atoms with Gasteiger partial charge in [-0.3, -0.25) is 9.59 Å². The van der Waals surface area contributed by atoms with Crippen LogP contribution in [-0.4, -0.2) is 18.4 Å². The third kappa shape index (κ3) is 1.91. The van der Waals surface area contributed by atoms with Crippen molar-refractivity contribution in [1.29, 1.82) is 0 Å². The molecule has 1 heterocycles. The molecule has 0 radical (unpaired) electrons. The largest absolute Gasteiger partial charge is 0.439 e. The van der Waals surface area contributed by atoms with Gasteiger partial charge in [-0.05, 0) is 13.0 Å². The van der Waals surface area contributed by atoms with Crippen molar-refractivity contribution in [3.8, 4) is 0 Å². The molecule has 0 bridgehead atoms. The summed E-state index contributed by atoms with van der Waals surface area (Å²) in [5, 5.41) is 0. The van der Waals surface area contributed by atoms with Gasteiger partial charge in [0.15, 0.2) is 0 Å². The topological polar surface area (TPSA) is 46.6 Å². The number of anilines is 1. The van der Waals surface area contributed by atoms with Crippen molar-refractivity contribution in [3.63, 3.8) is 0 Å². The van der Waals surface area contributed by atoms with Crippen molar-refractivity contribution in [2.24, 2.45) is 0 Å². The Kier molecular flexibility index (Phi) is 3.45. The number of nitrogens with zero attached hydrogens (tertiary/aromatic N) is 1. The first-order chi connectivity index (χ1) is 10.6. The molecule has 2 aromatic rings. The van der Waals surface area contributed by atoms with Crippen molar-refractivity contribution >= 4 is 17.6 Å². The Morgan fingerprint density at radius 3 is 2.36 bits per heavy atom. The zero-order valence-electron chi connectivity index (χ0n) is 12.6. The van der Waals surface area contributed by atoms with Crippen LogP contribution < -0.4 is 4.90 Å². The van der Waals surface area contributed by atoms with E-state index in [1.54, 1.807) is 4.90 Å². The summed E-state index contributed by atoms with van der Waals surface area (Å²) in [6.45, 7) is 3.75. The number of rotatable bonds is 3. The van der Waals surface area contributed by atoms with E-state index >= 15 is 0 Å². The second-order valence-electron chi connectivity index (χ2n) is 5.21. The van der Waals surface area contributed by atoms with Crippen LogP contribution in [0.3, 0.4) is 0 Å². The predicted octanol–water partition coefficient (Wildman–Crippen LogP) is 2.86. The van der Waals surface area contributed by atoms with Gasteiger partial charge in [0.2, 0.25) is 5.60 Å². The summed E-state index contributed by atoms with van der Waals surface area (Å²) in [6, 6.07) is 16.6. The summed E-state index contributed by atoms with van der Waals surface area (Å²) >= 11 is 0. The van der Waals surface area contributed by atoms with E-state index in [4.69, 9.17) is 4.74 Å². The molecule has 0 aliphatic carbocycles. The van der Waals surface area contributed by atoms with Crippen LogP contribution in [0, 0.1) is 0 Å². The number of ether oxygens (including phenoxy) is 1. The number of para-hydroxylation sites is 1. The van der Waals surface area contributed by atoms with Gasteiger partial charge < -0.3 is 9.64 Å². The van der Waals surface area contributed by atoms with Gasteiger partial charge in [0.05, 0.1) is 5.69 Å². The molecular formula is C18H17NO3. The Hall–Kier alpha value is -2.62. The minimum absolute atomic E-state index is 0.224. The molecule has 1 aliphatic rings. The van der Waals surface area contributed by atoms with Crippen LogP contribution in [0.2, 0.25) is 0 Å². The molecule has 4 nitrogen and oxygen atoms in total. The smallest absolute Gasteiger partial charge is 0.304 e. The molecule has 3 rings (SSSR count). The number of esters is 1. The van der Waals surface area contributed by atoms with Crippen LogP contribution in [-0.2, 0) is 19.9 Å². The van der Waals surface area contributed by atoms with E-state index in [0.29, 0.717) is 17.7 Å². The van der Waals surface area contributed by atoms with Crippen molar-refractivity contribution in [3.05, 3.63) is 65.7 Å². The number of benzene rings is 2. The van der Waals surface area contributed by atoms with E-state index in [1.807, 2.05) is 61.5 Å². The van der Waals surface area contributed by atoms with Crippen LogP contribution in [0.5, 0.6) is 0 Å². The van der Waals surface area contributed by atoms with Crippen LogP contribution in [0.25, 0.3) is 0 Å². The number of hydrogen-bond donors (Lipinski definition) is 0. The average Bonchev–Trinajstić information content (AvgIpc) is 2.77. The van der Waals surface area contributed by atoms with Crippen LogP contribution >= 0.6 is 0 Å². The van der Waals surface area contributed by atoms with Gasteiger partial charge in [-0.1, -0.05) is 48.5 Å². The highest BCUT2D eigenvalue weighted by Gasteiger charge is 2.54. The molecule has 112 valence electrons. The molecule has 0 fully saturated rings. The van der Waals surface area contributed by atoms with Crippen molar-refractivity contribution in [2.75, 3.05) is 11.4 Å². The number of carbonyl (C=O) groups excluding carboxylic acids is 2. The molecule has 1 unspecified atom stereocenters. The molecule has 1 aliphatic heterocycles. The Morgan fingerprint density at radius 1 is 1.09 bits per heavy atom. The lowest BCUT2D eigenvalue weighted by molar-refractivity contribution is -0.161. The van der Waals surface area contributed by atoms with E-state index in [9.17, 15) is 9.59 Å². The Labute approximate surface area is 129 Å². The Balaban J connectivity index is 2.30. The standard InChI is InChI=1S/C18H17NO3/c1-3-19-16-12-8-7-11-15(16)18(17(19)21,22-13(2)20)14-9-5-4-6-10-14/h4-12H,3H2,1-2H3. The van der Waals surface area contributed by atoms with Crippen LogP contribution in [0.4, 0.5) is 5.69 Å². The quantitative estimate of drug-likeness (QED) is 0.818. The number of likely N-dealkylation sites (N-methyl/N-ethyl adjacent to an activating group) is 1. The van der Waals surface area contributed by atoms with Gasteiger partial charge >= 0.3 is 5.97 Å². The average molecular weight is 295 g/mol. The summed E-state index contributed by atoms with van der Waals surface area (Å²) in [6.07, 6.45) is 0. The maximum Gasteiger partial charge on any atom is 0.304 e. The molecule has 1 atom stereocenters. The summed E-state index contributed by atoms with van der Waals surface area (Å²) < 4.78 is 5.63. The summed E-state index contributed by atoms with van der Waals surface area (Å²) in [4.78, 5) is 26.5. The molecule has 0 aromatic heterocycles. The third-order valence-electron chi connectivity index (χ3n) is 3.91. The summed E-state index contributed by atoms with van der Waals surface area (Å²) in [5.41, 5.74) is 0.779. The van der Waals surface area contributed by atoms with Crippen LogP contribution in [0.1, 0.15) is 25.0 Å². The molecule has 22 heavy (non-hydrogen) atoms. The lowest BCUT2D eigenvalue weighted by Crippen LogP contribution is -2.44. The molecule has 1 amide bonds. The summed E-state index contributed by atoms with van der Waals surface area (Å²) in [7, 11) is 0. The van der Waals surface area contributed by atoms with Gasteiger partial charge in [0.25, 0.3) is 5.91 Å². The van der Waals surface area contributed by atoms with Gasteiger partial charge in [0.1, 0.15) is 0 Å². The SMILES string of the molecule is CCN1C(=O)C(OC(C)=O)(c2ccccc2)c2ccccc21. The fraction of sp³-hybridized carbons (Fsp3) is 0.222. The number of amides is 1. The van der Waals surface area contributed by atoms with E-state index in [1.165, 1.54) is 6.92 Å². The lowest BCUT2D eigenvalue weighted by Gasteiger charge is -2.28.